The maximum atomic E-state index is 6.07. The summed E-state index contributed by atoms with van der Waals surface area (Å²) >= 11 is 7.63. The van der Waals surface area contributed by atoms with Gasteiger partial charge in [0.2, 0.25) is 0 Å². The van der Waals surface area contributed by atoms with Crippen LogP contribution in [0.2, 0.25) is 0 Å². The van der Waals surface area contributed by atoms with E-state index >= 15 is 0 Å². The van der Waals surface area contributed by atoms with Crippen LogP contribution in [0.4, 0.5) is 0 Å². The van der Waals surface area contributed by atoms with Crippen LogP contribution in [0.3, 0.4) is 0 Å². The molecule has 0 fully saturated rings. The van der Waals surface area contributed by atoms with E-state index in [1.807, 2.05) is 26.4 Å². The van der Waals surface area contributed by atoms with E-state index in [4.69, 9.17) is 11.6 Å². The number of halogens is 1. The summed E-state index contributed by atoms with van der Waals surface area (Å²) in [5, 5.41) is 6.45. The summed E-state index contributed by atoms with van der Waals surface area (Å²) in [5.41, 5.74) is 1.13. The zero-order valence-electron chi connectivity index (χ0n) is 14.6. The first-order valence-electron chi connectivity index (χ1n) is 7.61. The molecule has 0 aliphatic rings. The summed E-state index contributed by atoms with van der Waals surface area (Å²) < 4.78 is 0.809. The molecule has 0 aliphatic carbocycles. The van der Waals surface area contributed by atoms with E-state index in [0.717, 1.165) is 23.0 Å². The van der Waals surface area contributed by atoms with Crippen LogP contribution in [0.25, 0.3) is 0 Å². The Balaban J connectivity index is 0. The molecule has 0 aliphatic heterocycles. The van der Waals surface area contributed by atoms with E-state index in [-0.39, 0.29) is 0 Å². The minimum Gasteiger partial charge on any atom is -0.320 e. The second-order valence-electron chi connectivity index (χ2n) is 5.09. The topological polar surface area (TPSA) is 24.1 Å². The molecule has 0 aromatic carbocycles. The average molecular weight is 345 g/mol. The highest BCUT2D eigenvalue weighted by molar-refractivity contribution is 8.03. The molecule has 22 heavy (non-hydrogen) atoms. The molecule has 4 heteroatoms. The van der Waals surface area contributed by atoms with E-state index in [9.17, 15) is 0 Å². The van der Waals surface area contributed by atoms with Crippen LogP contribution in [0, 0.1) is 11.8 Å². The maximum absolute atomic E-state index is 6.07. The molecule has 0 bridgehead atoms. The zero-order chi connectivity index (χ0) is 17.4. The number of nitrogens with one attached hydrogen (secondary N) is 2. The van der Waals surface area contributed by atoms with Gasteiger partial charge in [0.1, 0.15) is 0 Å². The Labute approximate surface area is 147 Å². The lowest BCUT2D eigenvalue weighted by molar-refractivity contribution is 0.370. The molecule has 0 amide bonds. The molecule has 2 N–H and O–H groups in total. The summed E-state index contributed by atoms with van der Waals surface area (Å²) in [6.45, 7) is 15.2. The molecule has 0 heterocycles. The standard InChI is InChI=1S/C14H27ClN2S.C4H6/c1-11(7-6-8-16-3)13(10-17-4)12(2)9-14(15)18-5;1-3-4-2/h9,11,13,16-17H,2,6-8,10H2,1,3-5H3;3-4H,1-2H2/b14-9-;/t11-,13?;/m0./s1. The Kier molecular flexibility index (Phi) is 18.3. The lowest BCUT2D eigenvalue weighted by Gasteiger charge is -2.24. The van der Waals surface area contributed by atoms with Gasteiger partial charge in [0.25, 0.3) is 0 Å². The molecule has 128 valence electrons. The SMILES string of the molecule is C=C(/C=C(/Cl)SC)C(CNC)[C@@H](C)CCCNC.C=CC=C. The monoisotopic (exact) mass is 344 g/mol. The number of allylic oxidation sites excluding steroid dienone is 3. The van der Waals surface area contributed by atoms with Crippen molar-refractivity contribution < 1.29 is 0 Å². The van der Waals surface area contributed by atoms with Crippen LogP contribution in [0.5, 0.6) is 0 Å². The highest BCUT2D eigenvalue weighted by Gasteiger charge is 2.18. The molecule has 0 saturated heterocycles. The quantitative estimate of drug-likeness (QED) is 0.415. The Morgan fingerprint density at radius 1 is 1.23 bits per heavy atom. The molecular formula is C18H33ClN2S. The second kappa shape index (κ2) is 16.9. The number of hydrogen-bond acceptors (Lipinski definition) is 3. The van der Waals surface area contributed by atoms with Gasteiger partial charge in [0.05, 0.1) is 4.36 Å². The Morgan fingerprint density at radius 2 is 1.82 bits per heavy atom. The lowest BCUT2D eigenvalue weighted by atomic mass is 9.84. The number of rotatable bonds is 11. The van der Waals surface area contributed by atoms with E-state index in [1.165, 1.54) is 12.8 Å². The normalized spacial score (nSPS) is 13.6. The van der Waals surface area contributed by atoms with Crippen LogP contribution in [-0.4, -0.2) is 33.4 Å². The van der Waals surface area contributed by atoms with Crippen molar-refractivity contribution in [2.24, 2.45) is 11.8 Å². The van der Waals surface area contributed by atoms with Crippen LogP contribution >= 0.6 is 23.4 Å². The first kappa shape index (κ1) is 23.8. The molecule has 0 spiro atoms. The first-order valence-corrected chi connectivity index (χ1v) is 9.21. The van der Waals surface area contributed by atoms with Gasteiger partial charge in [-0.1, -0.05) is 50.4 Å². The van der Waals surface area contributed by atoms with Gasteiger partial charge in [-0.15, -0.1) is 11.8 Å². The van der Waals surface area contributed by atoms with E-state index in [1.54, 1.807) is 23.9 Å². The molecule has 0 rings (SSSR count). The summed E-state index contributed by atoms with van der Waals surface area (Å²) in [6.07, 6.45) is 9.67. The van der Waals surface area contributed by atoms with Crippen LogP contribution in [0.1, 0.15) is 19.8 Å². The van der Waals surface area contributed by atoms with Gasteiger partial charge < -0.3 is 10.6 Å². The van der Waals surface area contributed by atoms with Crippen molar-refractivity contribution >= 4 is 23.4 Å². The average Bonchev–Trinajstić information content (AvgIpc) is 2.52. The summed E-state index contributed by atoms with van der Waals surface area (Å²) in [5.74, 6) is 1.06. The van der Waals surface area contributed by atoms with Crippen molar-refractivity contribution in [1.82, 2.24) is 10.6 Å². The van der Waals surface area contributed by atoms with Crippen molar-refractivity contribution in [3.8, 4) is 0 Å². The van der Waals surface area contributed by atoms with Crippen molar-refractivity contribution in [3.63, 3.8) is 0 Å². The van der Waals surface area contributed by atoms with Gasteiger partial charge >= 0.3 is 0 Å². The third-order valence-electron chi connectivity index (χ3n) is 3.33. The van der Waals surface area contributed by atoms with E-state index in [0.29, 0.717) is 11.8 Å². The van der Waals surface area contributed by atoms with Crippen molar-refractivity contribution in [2.45, 2.75) is 19.8 Å². The molecule has 2 atom stereocenters. The van der Waals surface area contributed by atoms with Crippen molar-refractivity contribution in [2.75, 3.05) is 33.4 Å². The largest absolute Gasteiger partial charge is 0.320 e. The fourth-order valence-electron chi connectivity index (χ4n) is 2.03. The Hall–Kier alpha value is -0.480. The molecule has 1 unspecified atom stereocenters. The van der Waals surface area contributed by atoms with Gasteiger partial charge in [-0.05, 0) is 63.2 Å². The van der Waals surface area contributed by atoms with Gasteiger partial charge in [0, 0.05) is 6.54 Å². The first-order chi connectivity index (χ1) is 10.5. The zero-order valence-corrected chi connectivity index (χ0v) is 16.2. The van der Waals surface area contributed by atoms with Crippen molar-refractivity contribution in [1.29, 1.82) is 0 Å². The highest BCUT2D eigenvalue weighted by Crippen LogP contribution is 2.27. The van der Waals surface area contributed by atoms with E-state index < -0.39 is 0 Å². The predicted molar refractivity (Wildman–Crippen MR) is 107 cm³/mol. The molecule has 0 radical (unpaired) electrons. The minimum absolute atomic E-state index is 0.452. The lowest BCUT2D eigenvalue weighted by Crippen LogP contribution is -2.26. The Bertz CT molecular complexity index is 334. The Morgan fingerprint density at radius 3 is 2.23 bits per heavy atom. The predicted octanol–water partition coefficient (Wildman–Crippen LogP) is 4.82. The van der Waals surface area contributed by atoms with Crippen LogP contribution in [-0.2, 0) is 0 Å². The van der Waals surface area contributed by atoms with Gasteiger partial charge in [0.15, 0.2) is 0 Å². The van der Waals surface area contributed by atoms with Crippen LogP contribution in [0.15, 0.2) is 47.9 Å². The summed E-state index contributed by atoms with van der Waals surface area (Å²) in [6, 6.07) is 0. The maximum Gasteiger partial charge on any atom is 0.0734 e. The molecule has 2 nitrogen and oxygen atoms in total. The van der Waals surface area contributed by atoms with Gasteiger partial charge in [-0.3, -0.25) is 0 Å². The second-order valence-corrected chi connectivity index (χ2v) is 6.57. The third kappa shape index (κ3) is 13.2. The van der Waals surface area contributed by atoms with Crippen LogP contribution < -0.4 is 10.6 Å². The minimum atomic E-state index is 0.452. The summed E-state index contributed by atoms with van der Waals surface area (Å²) in [4.78, 5) is 0. The smallest absolute Gasteiger partial charge is 0.0734 e. The van der Waals surface area contributed by atoms with E-state index in [2.05, 4.69) is 37.3 Å². The third-order valence-corrected chi connectivity index (χ3v) is 4.41. The molecule has 0 aromatic heterocycles. The van der Waals surface area contributed by atoms with Crippen molar-refractivity contribution in [3.05, 3.63) is 47.9 Å². The molecule has 0 saturated carbocycles. The number of thioether (sulfide) groups is 1. The highest BCUT2D eigenvalue weighted by atomic mass is 35.5. The fourth-order valence-corrected chi connectivity index (χ4v) is 2.44. The van der Waals surface area contributed by atoms with Gasteiger partial charge in [-0.2, -0.15) is 0 Å². The fraction of sp³-hybridized carbons (Fsp3) is 0.556. The molecular weight excluding hydrogens is 312 g/mol. The van der Waals surface area contributed by atoms with Gasteiger partial charge in [-0.25, -0.2) is 0 Å². The number of hydrogen-bond donors (Lipinski definition) is 2. The summed E-state index contributed by atoms with van der Waals surface area (Å²) in [7, 11) is 3.98. The molecule has 0 aromatic rings.